The lowest BCUT2D eigenvalue weighted by molar-refractivity contribution is 0.176. The molecule has 1 saturated carbocycles. The van der Waals surface area contributed by atoms with E-state index in [1.165, 1.54) is 31.2 Å². The van der Waals surface area contributed by atoms with Gasteiger partial charge in [-0.25, -0.2) is 4.79 Å². The van der Waals surface area contributed by atoms with Crippen LogP contribution in [-0.2, 0) is 6.54 Å². The number of nitrogens with zero attached hydrogens (tertiary/aromatic N) is 2. The Labute approximate surface area is 165 Å². The third kappa shape index (κ3) is 4.38. The molecule has 2 aliphatic rings. The van der Waals surface area contributed by atoms with Crippen LogP contribution >= 0.6 is 0 Å². The van der Waals surface area contributed by atoms with Gasteiger partial charge < -0.3 is 4.74 Å². The van der Waals surface area contributed by atoms with Gasteiger partial charge in [0.15, 0.2) is 0 Å². The Hall–Kier alpha value is -2.34. The number of ether oxygens (including phenoxy) is 1. The van der Waals surface area contributed by atoms with Crippen molar-refractivity contribution in [1.82, 2.24) is 14.5 Å². The molecule has 1 aliphatic carbocycles. The van der Waals surface area contributed by atoms with Crippen molar-refractivity contribution >= 4 is 0 Å². The van der Waals surface area contributed by atoms with Crippen LogP contribution in [0.1, 0.15) is 55.7 Å². The molecule has 1 aliphatic heterocycles. The fraction of sp³-hybridized carbons (Fsp3) is 0.545. The van der Waals surface area contributed by atoms with Gasteiger partial charge in [0, 0.05) is 37.4 Å². The van der Waals surface area contributed by atoms with Crippen LogP contribution in [0.15, 0.2) is 40.1 Å². The predicted molar refractivity (Wildman–Crippen MR) is 109 cm³/mol. The van der Waals surface area contributed by atoms with Gasteiger partial charge in [-0.1, -0.05) is 12.1 Å². The van der Waals surface area contributed by atoms with E-state index >= 15 is 0 Å². The smallest absolute Gasteiger partial charge is 0.328 e. The van der Waals surface area contributed by atoms with Crippen LogP contribution in [0.3, 0.4) is 0 Å². The molecule has 0 unspecified atom stereocenters. The zero-order valence-corrected chi connectivity index (χ0v) is 16.5. The fourth-order valence-electron chi connectivity index (χ4n) is 4.39. The summed E-state index contributed by atoms with van der Waals surface area (Å²) in [6, 6.07) is 8.61. The Morgan fingerprint density at radius 2 is 1.86 bits per heavy atom. The highest BCUT2D eigenvalue weighted by Crippen LogP contribution is 2.26. The van der Waals surface area contributed by atoms with E-state index in [4.69, 9.17) is 4.74 Å². The number of aromatic nitrogens is 2. The zero-order chi connectivity index (χ0) is 19.5. The molecule has 1 saturated heterocycles. The number of nitrogens with one attached hydrogen (secondary N) is 1. The monoisotopic (exact) mass is 383 g/mol. The molecule has 0 radical (unpaired) electrons. The number of hydrogen-bond donors (Lipinski definition) is 1. The van der Waals surface area contributed by atoms with Gasteiger partial charge in [0.25, 0.3) is 5.56 Å². The van der Waals surface area contributed by atoms with E-state index in [2.05, 4.69) is 34.1 Å². The number of hydrogen-bond acceptors (Lipinski definition) is 4. The first-order valence-electron chi connectivity index (χ1n) is 10.4. The summed E-state index contributed by atoms with van der Waals surface area (Å²) >= 11 is 0. The van der Waals surface area contributed by atoms with E-state index in [0.29, 0.717) is 11.7 Å². The van der Waals surface area contributed by atoms with Gasteiger partial charge in [-0.05, 0) is 63.1 Å². The minimum Gasteiger partial charge on any atom is -0.490 e. The summed E-state index contributed by atoms with van der Waals surface area (Å²) in [4.78, 5) is 28.5. The summed E-state index contributed by atoms with van der Waals surface area (Å²) in [7, 11) is 0. The lowest BCUT2D eigenvalue weighted by Gasteiger charge is -2.32. The van der Waals surface area contributed by atoms with Gasteiger partial charge in [-0.2, -0.15) is 0 Å². The Kier molecular flexibility index (Phi) is 5.67. The highest BCUT2D eigenvalue weighted by molar-refractivity contribution is 5.28. The number of likely N-dealkylation sites (tertiary alicyclic amines) is 1. The van der Waals surface area contributed by atoms with Crippen LogP contribution in [0.4, 0.5) is 0 Å². The molecular weight excluding hydrogens is 354 g/mol. The largest absolute Gasteiger partial charge is 0.490 e. The van der Waals surface area contributed by atoms with Gasteiger partial charge in [0.2, 0.25) is 0 Å². The number of aromatic amines is 1. The van der Waals surface area contributed by atoms with Crippen molar-refractivity contribution in [3.8, 4) is 5.75 Å². The first kappa shape index (κ1) is 19.0. The second-order valence-electron chi connectivity index (χ2n) is 8.16. The molecule has 2 heterocycles. The van der Waals surface area contributed by atoms with Crippen molar-refractivity contribution in [3.05, 3.63) is 62.4 Å². The lowest BCUT2D eigenvalue weighted by atomic mass is 10.0. The summed E-state index contributed by atoms with van der Waals surface area (Å²) in [6.07, 6.45) is 8.78. The van der Waals surface area contributed by atoms with Crippen LogP contribution in [0, 0.1) is 6.92 Å². The summed E-state index contributed by atoms with van der Waals surface area (Å²) in [5, 5.41) is 0. The van der Waals surface area contributed by atoms with Crippen LogP contribution in [0.5, 0.6) is 5.75 Å². The van der Waals surface area contributed by atoms with Crippen molar-refractivity contribution in [2.75, 3.05) is 13.1 Å². The topological polar surface area (TPSA) is 67.3 Å². The van der Waals surface area contributed by atoms with E-state index in [-0.39, 0.29) is 17.3 Å². The highest BCUT2D eigenvalue weighted by Gasteiger charge is 2.22. The fourth-order valence-corrected chi connectivity index (χ4v) is 4.39. The maximum Gasteiger partial charge on any atom is 0.328 e. The van der Waals surface area contributed by atoms with E-state index in [9.17, 15) is 9.59 Å². The summed E-state index contributed by atoms with van der Waals surface area (Å²) < 4.78 is 7.83. The quantitative estimate of drug-likeness (QED) is 0.862. The van der Waals surface area contributed by atoms with Crippen LogP contribution in [0.2, 0.25) is 0 Å². The Morgan fingerprint density at radius 3 is 2.61 bits per heavy atom. The zero-order valence-electron chi connectivity index (χ0n) is 16.5. The van der Waals surface area contributed by atoms with Crippen molar-refractivity contribution in [1.29, 1.82) is 0 Å². The molecule has 2 aromatic rings. The van der Waals surface area contributed by atoms with Crippen molar-refractivity contribution in [2.24, 2.45) is 0 Å². The molecule has 1 aromatic carbocycles. The maximum absolute atomic E-state index is 12.1. The molecular formula is C22H29N3O3. The molecule has 2 fully saturated rings. The molecule has 0 atom stereocenters. The second-order valence-corrected chi connectivity index (χ2v) is 8.16. The molecule has 28 heavy (non-hydrogen) atoms. The third-order valence-corrected chi connectivity index (χ3v) is 6.01. The number of H-pyrrole nitrogens is 1. The summed E-state index contributed by atoms with van der Waals surface area (Å²) in [5.41, 5.74) is 1.26. The number of aryl methyl sites for hydroxylation is 1. The van der Waals surface area contributed by atoms with Gasteiger partial charge in [-0.3, -0.25) is 19.2 Å². The first-order valence-corrected chi connectivity index (χ1v) is 10.4. The molecule has 1 N–H and O–H groups in total. The second kappa shape index (κ2) is 8.35. The molecule has 0 amide bonds. The molecule has 6 heteroatoms. The summed E-state index contributed by atoms with van der Waals surface area (Å²) in [6.45, 7) is 4.50. The molecule has 150 valence electrons. The average molecular weight is 383 g/mol. The van der Waals surface area contributed by atoms with E-state index in [1.54, 1.807) is 17.7 Å². The van der Waals surface area contributed by atoms with Crippen LogP contribution < -0.4 is 16.0 Å². The number of piperidine rings is 1. The highest BCUT2D eigenvalue weighted by atomic mass is 16.5. The van der Waals surface area contributed by atoms with Crippen molar-refractivity contribution < 1.29 is 4.74 Å². The average Bonchev–Trinajstić information content (AvgIpc) is 3.19. The Morgan fingerprint density at radius 1 is 1.11 bits per heavy atom. The van der Waals surface area contributed by atoms with Gasteiger partial charge in [-0.15, -0.1) is 0 Å². The molecule has 6 nitrogen and oxygen atoms in total. The van der Waals surface area contributed by atoms with E-state index < -0.39 is 0 Å². The van der Waals surface area contributed by atoms with Crippen molar-refractivity contribution in [3.63, 3.8) is 0 Å². The predicted octanol–water partition coefficient (Wildman–Crippen LogP) is 3.00. The van der Waals surface area contributed by atoms with Gasteiger partial charge in [0.05, 0.1) is 6.10 Å². The van der Waals surface area contributed by atoms with Gasteiger partial charge >= 0.3 is 5.69 Å². The Bertz CT molecular complexity index is 919. The van der Waals surface area contributed by atoms with Gasteiger partial charge in [0.1, 0.15) is 5.75 Å². The van der Waals surface area contributed by atoms with E-state index in [0.717, 1.165) is 38.2 Å². The van der Waals surface area contributed by atoms with Crippen LogP contribution in [-0.4, -0.2) is 33.6 Å². The minimum atomic E-state index is -0.300. The van der Waals surface area contributed by atoms with Crippen molar-refractivity contribution in [2.45, 2.75) is 64.1 Å². The number of benzene rings is 1. The molecule has 1 aromatic heterocycles. The lowest BCUT2D eigenvalue weighted by Crippen LogP contribution is -2.39. The first-order chi connectivity index (χ1) is 13.6. The normalized spacial score (nSPS) is 19.2. The molecule has 4 rings (SSSR count). The Balaban J connectivity index is 1.35. The SMILES string of the molecule is Cc1cn(C2CCN(Cc3cccc(OC4CCCC4)c3)CC2)c(=O)[nH]c1=O. The minimum absolute atomic E-state index is 0.149. The third-order valence-electron chi connectivity index (χ3n) is 6.01. The van der Waals surface area contributed by atoms with Crippen LogP contribution in [0.25, 0.3) is 0 Å². The number of rotatable bonds is 5. The summed E-state index contributed by atoms with van der Waals surface area (Å²) in [5.74, 6) is 0.981. The maximum atomic E-state index is 12.1. The standard InChI is InChI=1S/C22H29N3O3/c1-16-14-25(22(27)23-21(16)26)18-9-11-24(12-10-18)15-17-5-4-8-20(13-17)28-19-6-2-3-7-19/h4-5,8,13-14,18-19H,2-3,6-7,9-12,15H2,1H3,(H,23,26,27). The molecule has 0 spiro atoms. The molecule has 0 bridgehead atoms. The van der Waals surface area contributed by atoms with E-state index in [1.807, 2.05) is 0 Å².